The Morgan fingerprint density at radius 1 is 1.20 bits per heavy atom. The number of halogens is 2. The van der Waals surface area contributed by atoms with Gasteiger partial charge in [-0.3, -0.25) is 0 Å². The van der Waals surface area contributed by atoms with E-state index in [1.807, 2.05) is 30.5 Å². The van der Waals surface area contributed by atoms with Crippen LogP contribution in [0.25, 0.3) is 22.5 Å². The Labute approximate surface area is 245 Å². The number of fused-ring (bicyclic) bond motifs is 2. The van der Waals surface area contributed by atoms with Crippen LogP contribution in [0.1, 0.15) is 71.7 Å². The third-order valence-electron chi connectivity index (χ3n) is 8.58. The van der Waals surface area contributed by atoms with Crippen LogP contribution in [-0.4, -0.2) is 39.4 Å². The predicted octanol–water partition coefficient (Wildman–Crippen LogP) is 7.86. The predicted molar refractivity (Wildman–Crippen MR) is 155 cm³/mol. The molecule has 0 radical (unpaired) electrons. The summed E-state index contributed by atoms with van der Waals surface area (Å²) in [7, 11) is 0. The van der Waals surface area contributed by atoms with Gasteiger partial charge in [-0.15, -0.1) is 11.3 Å². The maximum atomic E-state index is 14.7. The molecule has 0 amide bonds. The first-order chi connectivity index (χ1) is 19.9. The van der Waals surface area contributed by atoms with Crippen molar-refractivity contribution in [3.8, 4) is 22.5 Å². The number of ether oxygens (including phenoxy) is 1. The second kappa shape index (κ2) is 10.5. The van der Waals surface area contributed by atoms with Gasteiger partial charge in [-0.2, -0.15) is 0 Å². The summed E-state index contributed by atoms with van der Waals surface area (Å²) in [6.07, 6.45) is 6.21. The Kier molecular flexibility index (Phi) is 6.84. The summed E-state index contributed by atoms with van der Waals surface area (Å²) < 4.78 is 27.1. The van der Waals surface area contributed by atoms with Gasteiger partial charge in [-0.25, -0.2) is 14.2 Å². The van der Waals surface area contributed by atoms with Crippen molar-refractivity contribution in [2.75, 3.05) is 4.90 Å². The Morgan fingerprint density at radius 2 is 1.98 bits per heavy atom. The van der Waals surface area contributed by atoms with Gasteiger partial charge in [0.2, 0.25) is 0 Å². The van der Waals surface area contributed by atoms with Crippen LogP contribution in [0.2, 0.25) is 5.02 Å². The fourth-order valence-corrected chi connectivity index (χ4v) is 7.67. The van der Waals surface area contributed by atoms with Crippen molar-refractivity contribution in [1.82, 2.24) is 10.1 Å². The summed E-state index contributed by atoms with van der Waals surface area (Å²) in [5.74, 6) is -0.403. The second-order valence-electron chi connectivity index (χ2n) is 11.3. The fourth-order valence-electron chi connectivity index (χ4n) is 6.40. The van der Waals surface area contributed by atoms with E-state index in [0.717, 1.165) is 77.9 Å². The lowest BCUT2D eigenvalue weighted by Crippen LogP contribution is -2.45. The van der Waals surface area contributed by atoms with E-state index in [1.165, 1.54) is 23.5 Å². The van der Waals surface area contributed by atoms with Crippen molar-refractivity contribution >= 4 is 34.0 Å². The number of aryl methyl sites for hydroxylation is 1. The Hall–Kier alpha value is -3.27. The molecule has 212 valence electrons. The normalized spacial score (nSPS) is 21.9. The van der Waals surface area contributed by atoms with Crippen molar-refractivity contribution < 1.29 is 23.6 Å². The fraction of sp³-hybridized carbons (Fsp3) is 0.387. The Morgan fingerprint density at radius 3 is 2.66 bits per heavy atom. The lowest BCUT2D eigenvalue weighted by atomic mass is 9.99. The van der Waals surface area contributed by atoms with E-state index in [1.54, 1.807) is 0 Å². The number of anilines is 1. The molecule has 7 rings (SSSR count). The smallest absolute Gasteiger partial charge is 0.335 e. The van der Waals surface area contributed by atoms with Crippen molar-refractivity contribution in [3.63, 3.8) is 0 Å². The summed E-state index contributed by atoms with van der Waals surface area (Å²) in [6, 6.07) is 10.4. The summed E-state index contributed by atoms with van der Waals surface area (Å²) in [6.45, 7) is 2.47. The van der Waals surface area contributed by atoms with Gasteiger partial charge in [0.05, 0.1) is 29.0 Å². The largest absolute Gasteiger partial charge is 0.478 e. The van der Waals surface area contributed by atoms with Crippen molar-refractivity contribution in [1.29, 1.82) is 0 Å². The number of hydrogen-bond acceptors (Lipinski definition) is 7. The average Bonchev–Trinajstić information content (AvgIpc) is 3.42. The number of hydrogen-bond donors (Lipinski definition) is 1. The minimum absolute atomic E-state index is 0.0774. The third-order valence-corrected chi connectivity index (χ3v) is 9.75. The average molecular weight is 594 g/mol. The van der Waals surface area contributed by atoms with E-state index in [9.17, 15) is 9.18 Å². The molecule has 3 fully saturated rings. The Balaban J connectivity index is 1.07. The molecule has 4 heterocycles. The van der Waals surface area contributed by atoms with Gasteiger partial charge in [0.1, 0.15) is 17.3 Å². The van der Waals surface area contributed by atoms with Gasteiger partial charge in [0, 0.05) is 40.1 Å². The lowest BCUT2D eigenvalue weighted by Gasteiger charge is -2.38. The summed E-state index contributed by atoms with van der Waals surface area (Å²) in [4.78, 5) is 18.3. The summed E-state index contributed by atoms with van der Waals surface area (Å²) in [5, 5.41) is 17.0. The number of carboxylic acids is 1. The van der Waals surface area contributed by atoms with Crippen LogP contribution < -0.4 is 4.90 Å². The lowest BCUT2D eigenvalue weighted by molar-refractivity contribution is 0.0147. The standard InChI is InChI=1S/C31H29ClFN3O4S/c1-16-3-2-4-24(32)27(16)28-23(29(40-35-28)17-5-6-17)14-39-21-12-19-8-9-20(13-21)36(19)31-34-26(15-41-31)22-10-7-18(30(37)38)11-25(22)33/h2-4,7,10-11,15,17,19-21H,5-6,8-9,12-14H2,1H3,(H,37,38)/t19-,20+,21?. The molecule has 3 aliphatic rings. The highest BCUT2D eigenvalue weighted by Crippen LogP contribution is 2.47. The zero-order valence-electron chi connectivity index (χ0n) is 22.5. The van der Waals surface area contributed by atoms with Crippen LogP contribution in [0.15, 0.2) is 46.3 Å². The number of carbonyl (C=O) groups is 1. The number of benzene rings is 2. The van der Waals surface area contributed by atoms with E-state index in [0.29, 0.717) is 40.9 Å². The molecule has 2 bridgehead atoms. The molecule has 1 aliphatic carbocycles. The molecule has 1 saturated carbocycles. The maximum absolute atomic E-state index is 14.7. The van der Waals surface area contributed by atoms with Gasteiger partial charge < -0.3 is 19.3 Å². The molecular weight excluding hydrogens is 565 g/mol. The monoisotopic (exact) mass is 593 g/mol. The van der Waals surface area contributed by atoms with Crippen molar-refractivity contribution in [2.24, 2.45) is 0 Å². The first kappa shape index (κ1) is 26.6. The molecule has 2 aromatic heterocycles. The minimum Gasteiger partial charge on any atom is -0.478 e. The molecule has 1 unspecified atom stereocenters. The first-order valence-corrected chi connectivity index (χ1v) is 15.3. The molecule has 1 N–H and O–H groups in total. The van der Waals surface area contributed by atoms with Gasteiger partial charge in [-0.05, 0) is 75.3 Å². The number of nitrogens with zero attached hydrogens (tertiary/aromatic N) is 3. The minimum atomic E-state index is -1.15. The van der Waals surface area contributed by atoms with Crippen molar-refractivity contribution in [2.45, 2.75) is 76.2 Å². The zero-order chi connectivity index (χ0) is 28.2. The van der Waals surface area contributed by atoms with Crippen LogP contribution >= 0.6 is 22.9 Å². The highest BCUT2D eigenvalue weighted by Gasteiger charge is 2.43. The number of rotatable bonds is 8. The second-order valence-corrected chi connectivity index (χ2v) is 12.5. The Bertz CT molecular complexity index is 1600. The van der Waals surface area contributed by atoms with E-state index < -0.39 is 11.8 Å². The van der Waals surface area contributed by atoms with E-state index in [2.05, 4.69) is 10.1 Å². The molecule has 2 aliphatic heterocycles. The molecule has 7 nitrogen and oxygen atoms in total. The van der Waals surface area contributed by atoms with Crippen LogP contribution in [0.5, 0.6) is 0 Å². The third kappa shape index (κ3) is 4.94. The van der Waals surface area contributed by atoms with Gasteiger partial charge in [0.15, 0.2) is 5.13 Å². The van der Waals surface area contributed by atoms with E-state index in [4.69, 9.17) is 31.0 Å². The zero-order valence-corrected chi connectivity index (χ0v) is 24.1. The van der Waals surface area contributed by atoms with Crippen LogP contribution in [0, 0.1) is 12.7 Å². The van der Waals surface area contributed by atoms with Gasteiger partial charge >= 0.3 is 5.97 Å². The number of thiazole rings is 1. The molecule has 0 spiro atoms. The van der Waals surface area contributed by atoms with Gasteiger partial charge in [0.25, 0.3) is 0 Å². The molecule has 10 heteroatoms. The SMILES string of the molecule is Cc1cccc(Cl)c1-c1noc(C2CC2)c1COC1C[C@H]2CC[C@@H](C1)N2c1nc(-c2ccc(C(=O)O)cc2F)cs1. The molecule has 3 atom stereocenters. The van der Waals surface area contributed by atoms with E-state index in [-0.39, 0.29) is 11.7 Å². The highest BCUT2D eigenvalue weighted by molar-refractivity contribution is 7.14. The van der Waals surface area contributed by atoms with Crippen molar-refractivity contribution in [3.05, 3.63) is 75.1 Å². The van der Waals surface area contributed by atoms with Gasteiger partial charge in [-0.1, -0.05) is 28.9 Å². The molecule has 41 heavy (non-hydrogen) atoms. The quantitative estimate of drug-likeness (QED) is 0.222. The molecule has 2 aromatic carbocycles. The highest BCUT2D eigenvalue weighted by atomic mass is 35.5. The van der Waals surface area contributed by atoms with Crippen LogP contribution in [-0.2, 0) is 11.3 Å². The summed E-state index contributed by atoms with van der Waals surface area (Å²) >= 11 is 8.10. The number of aromatic nitrogens is 2. The molecular formula is C31H29ClFN3O4S. The number of piperidine rings is 1. The number of carboxylic acid groups (broad SMARTS) is 1. The maximum Gasteiger partial charge on any atom is 0.335 e. The van der Waals surface area contributed by atoms with Crippen LogP contribution in [0.3, 0.4) is 0 Å². The van der Waals surface area contributed by atoms with Crippen LogP contribution in [0.4, 0.5) is 9.52 Å². The molecule has 2 saturated heterocycles. The topological polar surface area (TPSA) is 88.7 Å². The molecule has 4 aromatic rings. The van der Waals surface area contributed by atoms with E-state index >= 15 is 0 Å². The number of aromatic carboxylic acids is 1. The summed E-state index contributed by atoms with van der Waals surface area (Å²) in [5.41, 5.74) is 4.53. The first-order valence-electron chi connectivity index (χ1n) is 14.0.